The fourth-order valence-electron chi connectivity index (χ4n) is 1.98. The zero-order valence-corrected chi connectivity index (χ0v) is 12.9. The molecule has 0 bridgehead atoms. The van der Waals surface area contributed by atoms with Gasteiger partial charge in [0.15, 0.2) is 6.61 Å². The van der Waals surface area contributed by atoms with Gasteiger partial charge in [-0.1, -0.05) is 0 Å². The molecule has 0 aromatic heterocycles. The highest BCUT2D eigenvalue weighted by molar-refractivity contribution is 9.10. The number of rotatable bonds is 5. The molecular weight excluding hydrogens is 326 g/mol. The highest BCUT2D eigenvalue weighted by Gasteiger charge is 2.16. The number of methoxy groups -OCH3 is 1. The van der Waals surface area contributed by atoms with Gasteiger partial charge >= 0.3 is 0 Å². The Balaban J connectivity index is 1.80. The smallest absolute Gasteiger partial charge is 0.258 e. The van der Waals surface area contributed by atoms with E-state index in [0.29, 0.717) is 19.0 Å². The van der Waals surface area contributed by atoms with Crippen molar-refractivity contribution < 1.29 is 19.0 Å². The van der Waals surface area contributed by atoms with Crippen LogP contribution in [0.1, 0.15) is 12.8 Å². The van der Waals surface area contributed by atoms with Crippen LogP contribution in [0.25, 0.3) is 0 Å². The Bertz CT molecular complexity index is 460. The lowest BCUT2D eigenvalue weighted by Crippen LogP contribution is -2.41. The number of hydrogen-bond donors (Lipinski definition) is 1. The molecule has 0 atom stereocenters. The Labute approximate surface area is 126 Å². The lowest BCUT2D eigenvalue weighted by atomic mass is 10.1. The first-order valence-electron chi connectivity index (χ1n) is 6.52. The van der Waals surface area contributed by atoms with Crippen molar-refractivity contribution in [2.75, 3.05) is 26.9 Å². The maximum atomic E-state index is 11.8. The topological polar surface area (TPSA) is 56.8 Å². The second-order valence-corrected chi connectivity index (χ2v) is 5.39. The summed E-state index contributed by atoms with van der Waals surface area (Å²) in [7, 11) is 1.60. The summed E-state index contributed by atoms with van der Waals surface area (Å²) in [6.07, 6.45) is 1.72. The molecular formula is C14H18BrNO4. The van der Waals surface area contributed by atoms with Gasteiger partial charge in [-0.25, -0.2) is 0 Å². The van der Waals surface area contributed by atoms with Gasteiger partial charge in [0.2, 0.25) is 0 Å². The van der Waals surface area contributed by atoms with Gasteiger partial charge < -0.3 is 19.5 Å². The number of nitrogens with one attached hydrogen (secondary N) is 1. The number of amides is 1. The monoisotopic (exact) mass is 343 g/mol. The molecule has 0 aliphatic carbocycles. The average molecular weight is 344 g/mol. The van der Waals surface area contributed by atoms with Crippen LogP contribution < -0.4 is 14.8 Å². The molecule has 1 aromatic carbocycles. The zero-order chi connectivity index (χ0) is 14.4. The maximum absolute atomic E-state index is 11.8. The van der Waals surface area contributed by atoms with E-state index in [2.05, 4.69) is 21.2 Å². The third kappa shape index (κ3) is 4.38. The molecule has 1 amide bonds. The highest BCUT2D eigenvalue weighted by Crippen LogP contribution is 2.28. The van der Waals surface area contributed by atoms with Crippen LogP contribution in [0.2, 0.25) is 0 Å². The van der Waals surface area contributed by atoms with Crippen LogP contribution in [0.15, 0.2) is 22.7 Å². The number of benzene rings is 1. The predicted octanol–water partition coefficient (Wildman–Crippen LogP) is 2.13. The molecule has 0 unspecified atom stereocenters. The normalized spacial score (nSPS) is 15.7. The van der Waals surface area contributed by atoms with Gasteiger partial charge in [0.05, 0.1) is 11.6 Å². The summed E-state index contributed by atoms with van der Waals surface area (Å²) in [5.74, 6) is 1.24. The molecule has 5 nitrogen and oxygen atoms in total. The zero-order valence-electron chi connectivity index (χ0n) is 11.4. The van der Waals surface area contributed by atoms with Gasteiger partial charge in [-0.15, -0.1) is 0 Å². The van der Waals surface area contributed by atoms with Crippen LogP contribution in [0.5, 0.6) is 11.5 Å². The van der Waals surface area contributed by atoms with Gasteiger partial charge in [-0.3, -0.25) is 4.79 Å². The number of carbonyl (C=O) groups excluding carboxylic acids is 1. The van der Waals surface area contributed by atoms with Crippen LogP contribution >= 0.6 is 15.9 Å². The van der Waals surface area contributed by atoms with E-state index in [1.807, 2.05) is 0 Å². The van der Waals surface area contributed by atoms with Crippen LogP contribution in [-0.2, 0) is 9.53 Å². The van der Waals surface area contributed by atoms with Crippen molar-refractivity contribution in [1.29, 1.82) is 0 Å². The molecule has 1 fully saturated rings. The lowest BCUT2D eigenvalue weighted by molar-refractivity contribution is -0.124. The summed E-state index contributed by atoms with van der Waals surface area (Å²) in [5.41, 5.74) is 0. The van der Waals surface area contributed by atoms with E-state index < -0.39 is 0 Å². The van der Waals surface area contributed by atoms with E-state index in [0.717, 1.165) is 23.1 Å². The van der Waals surface area contributed by atoms with Gasteiger partial charge in [0, 0.05) is 19.3 Å². The van der Waals surface area contributed by atoms with Crippen molar-refractivity contribution in [3.05, 3.63) is 22.7 Å². The molecule has 0 saturated carbocycles. The Hall–Kier alpha value is -1.27. The number of hydrogen-bond acceptors (Lipinski definition) is 4. The van der Waals surface area contributed by atoms with E-state index in [-0.39, 0.29) is 18.6 Å². The van der Waals surface area contributed by atoms with Crippen molar-refractivity contribution in [2.45, 2.75) is 18.9 Å². The lowest BCUT2D eigenvalue weighted by Gasteiger charge is -2.23. The van der Waals surface area contributed by atoms with Crippen molar-refractivity contribution in [3.63, 3.8) is 0 Å². The first kappa shape index (κ1) is 15.1. The summed E-state index contributed by atoms with van der Waals surface area (Å²) >= 11 is 3.38. The van der Waals surface area contributed by atoms with Crippen LogP contribution in [0.4, 0.5) is 0 Å². The molecule has 1 aliphatic rings. The Morgan fingerprint density at radius 1 is 1.45 bits per heavy atom. The average Bonchev–Trinajstić information content (AvgIpc) is 2.47. The molecule has 110 valence electrons. The van der Waals surface area contributed by atoms with Gasteiger partial charge in [-0.05, 0) is 47.0 Å². The van der Waals surface area contributed by atoms with E-state index >= 15 is 0 Å². The third-order valence-corrected chi connectivity index (χ3v) is 3.70. The molecule has 1 N–H and O–H groups in total. The number of halogens is 1. The SMILES string of the molecule is COc1ccc(OCC(=O)NC2CCOCC2)c(Br)c1. The minimum atomic E-state index is -0.111. The summed E-state index contributed by atoms with van der Waals surface area (Å²) in [4.78, 5) is 11.8. The maximum Gasteiger partial charge on any atom is 0.258 e. The van der Waals surface area contributed by atoms with E-state index in [4.69, 9.17) is 14.2 Å². The van der Waals surface area contributed by atoms with Crippen LogP contribution in [-0.4, -0.2) is 38.9 Å². The van der Waals surface area contributed by atoms with E-state index in [1.165, 1.54) is 0 Å². The first-order valence-corrected chi connectivity index (χ1v) is 7.32. The molecule has 1 aromatic rings. The van der Waals surface area contributed by atoms with Gasteiger partial charge in [0.25, 0.3) is 5.91 Å². The van der Waals surface area contributed by atoms with Crippen LogP contribution in [0.3, 0.4) is 0 Å². The van der Waals surface area contributed by atoms with E-state index in [1.54, 1.807) is 25.3 Å². The van der Waals surface area contributed by atoms with Crippen molar-refractivity contribution in [3.8, 4) is 11.5 Å². The molecule has 6 heteroatoms. The second-order valence-electron chi connectivity index (χ2n) is 4.54. The summed E-state index contributed by atoms with van der Waals surface area (Å²) in [6.45, 7) is 1.41. The second kappa shape index (κ2) is 7.50. The molecule has 1 aliphatic heterocycles. The van der Waals surface area contributed by atoms with Crippen molar-refractivity contribution in [2.24, 2.45) is 0 Å². The molecule has 0 radical (unpaired) electrons. The first-order chi connectivity index (χ1) is 9.69. The molecule has 1 saturated heterocycles. The van der Waals surface area contributed by atoms with Crippen LogP contribution in [0, 0.1) is 0 Å². The minimum absolute atomic E-state index is 0.00227. The summed E-state index contributed by atoms with van der Waals surface area (Å²) in [6, 6.07) is 5.55. The number of carbonyl (C=O) groups is 1. The largest absolute Gasteiger partial charge is 0.497 e. The fourth-order valence-corrected chi connectivity index (χ4v) is 2.45. The molecule has 20 heavy (non-hydrogen) atoms. The highest BCUT2D eigenvalue weighted by atomic mass is 79.9. The quantitative estimate of drug-likeness (QED) is 0.889. The standard InChI is InChI=1S/C14H18BrNO4/c1-18-11-2-3-13(12(15)8-11)20-9-14(17)16-10-4-6-19-7-5-10/h2-3,8,10H,4-7,9H2,1H3,(H,16,17). The fraction of sp³-hybridized carbons (Fsp3) is 0.500. The summed E-state index contributed by atoms with van der Waals surface area (Å²) < 4.78 is 16.6. The number of ether oxygens (including phenoxy) is 3. The van der Waals surface area contributed by atoms with E-state index in [9.17, 15) is 4.79 Å². The Morgan fingerprint density at radius 3 is 2.85 bits per heavy atom. The van der Waals surface area contributed by atoms with Crippen molar-refractivity contribution >= 4 is 21.8 Å². The van der Waals surface area contributed by atoms with Gasteiger partial charge in [-0.2, -0.15) is 0 Å². The van der Waals surface area contributed by atoms with Gasteiger partial charge in [0.1, 0.15) is 11.5 Å². The third-order valence-electron chi connectivity index (χ3n) is 3.08. The Kier molecular flexibility index (Phi) is 5.67. The predicted molar refractivity (Wildman–Crippen MR) is 78.2 cm³/mol. The molecule has 1 heterocycles. The van der Waals surface area contributed by atoms with Crippen molar-refractivity contribution in [1.82, 2.24) is 5.32 Å². The Morgan fingerprint density at radius 2 is 2.20 bits per heavy atom. The summed E-state index contributed by atoms with van der Waals surface area (Å²) in [5, 5.41) is 2.95. The minimum Gasteiger partial charge on any atom is -0.497 e. The molecule has 2 rings (SSSR count). The molecule has 0 spiro atoms.